The summed E-state index contributed by atoms with van der Waals surface area (Å²) in [4.78, 5) is 21.3. The van der Waals surface area contributed by atoms with Crippen LogP contribution in [0.3, 0.4) is 0 Å². The van der Waals surface area contributed by atoms with Crippen molar-refractivity contribution in [1.29, 1.82) is 0 Å². The number of benzene rings is 1. The van der Waals surface area contributed by atoms with Crippen LogP contribution in [-0.4, -0.2) is 25.6 Å². The third-order valence-corrected chi connectivity index (χ3v) is 3.94. The third kappa shape index (κ3) is 3.58. The van der Waals surface area contributed by atoms with Gasteiger partial charge in [0.05, 0.1) is 15.9 Å². The summed E-state index contributed by atoms with van der Waals surface area (Å²) in [6.07, 6.45) is 0.457. The minimum Gasteiger partial charge on any atom is -0.370 e. The molecule has 0 saturated heterocycles. The van der Waals surface area contributed by atoms with Crippen molar-refractivity contribution in [2.75, 3.05) is 0 Å². The van der Waals surface area contributed by atoms with Gasteiger partial charge in [-0.3, -0.25) is 14.9 Å². The topological polar surface area (TPSA) is 117 Å². The Hall–Kier alpha value is -2.49. The maximum atomic E-state index is 13.1. The normalized spacial score (nSPS) is 10.6. The fraction of sp³-hybridized carbons (Fsp3) is 0.250. The van der Waals surface area contributed by atoms with Crippen LogP contribution >= 0.6 is 11.8 Å². The Bertz CT molecular complexity index is 734. The second kappa shape index (κ2) is 6.52. The van der Waals surface area contributed by atoms with Gasteiger partial charge in [0.25, 0.3) is 5.69 Å². The van der Waals surface area contributed by atoms with Gasteiger partial charge in [0.1, 0.15) is 11.6 Å². The molecule has 0 bridgehead atoms. The number of nitro benzene ring substituents is 1. The van der Waals surface area contributed by atoms with Crippen molar-refractivity contribution in [3.63, 3.8) is 0 Å². The maximum Gasteiger partial charge on any atom is 0.286 e. The van der Waals surface area contributed by atoms with Crippen LogP contribution in [0.1, 0.15) is 12.2 Å². The summed E-state index contributed by atoms with van der Waals surface area (Å²) in [5, 5.41) is 19.2. The molecule has 0 fully saturated rings. The highest BCUT2D eigenvalue weighted by molar-refractivity contribution is 7.99. The number of nitrogens with zero attached hydrogens (tertiary/aromatic N) is 4. The van der Waals surface area contributed by atoms with E-state index >= 15 is 0 Å². The van der Waals surface area contributed by atoms with Crippen LogP contribution in [0.5, 0.6) is 0 Å². The summed E-state index contributed by atoms with van der Waals surface area (Å²) in [7, 11) is 1.67. The molecule has 1 heterocycles. The lowest BCUT2D eigenvalue weighted by atomic mass is 10.3. The Morgan fingerprint density at radius 1 is 1.50 bits per heavy atom. The summed E-state index contributed by atoms with van der Waals surface area (Å²) in [6.45, 7) is 0. The molecule has 0 radical (unpaired) electrons. The summed E-state index contributed by atoms with van der Waals surface area (Å²) >= 11 is 0.998. The van der Waals surface area contributed by atoms with Crippen molar-refractivity contribution in [1.82, 2.24) is 14.8 Å². The summed E-state index contributed by atoms with van der Waals surface area (Å²) < 4.78 is 14.7. The van der Waals surface area contributed by atoms with Gasteiger partial charge in [0, 0.05) is 19.9 Å². The first-order chi connectivity index (χ1) is 10.4. The quantitative estimate of drug-likeness (QED) is 0.634. The van der Waals surface area contributed by atoms with E-state index in [1.54, 1.807) is 11.6 Å². The minimum atomic E-state index is -0.684. The largest absolute Gasteiger partial charge is 0.370 e. The van der Waals surface area contributed by atoms with Crippen molar-refractivity contribution in [2.45, 2.75) is 22.9 Å². The van der Waals surface area contributed by atoms with Gasteiger partial charge in [-0.2, -0.15) is 0 Å². The first kappa shape index (κ1) is 15.9. The van der Waals surface area contributed by atoms with Crippen molar-refractivity contribution in [3.05, 3.63) is 40.0 Å². The van der Waals surface area contributed by atoms with Gasteiger partial charge >= 0.3 is 0 Å². The highest BCUT2D eigenvalue weighted by atomic mass is 32.2. The molecule has 1 amide bonds. The number of aromatic nitrogens is 3. The smallest absolute Gasteiger partial charge is 0.286 e. The highest BCUT2D eigenvalue weighted by Gasteiger charge is 2.19. The highest BCUT2D eigenvalue weighted by Crippen LogP contribution is 2.34. The lowest BCUT2D eigenvalue weighted by molar-refractivity contribution is -0.387. The first-order valence-electron chi connectivity index (χ1n) is 6.17. The third-order valence-electron chi connectivity index (χ3n) is 2.84. The number of primary amides is 1. The van der Waals surface area contributed by atoms with E-state index in [0.717, 1.165) is 23.9 Å². The van der Waals surface area contributed by atoms with Crippen LogP contribution in [0.4, 0.5) is 10.1 Å². The maximum absolute atomic E-state index is 13.1. The minimum absolute atomic E-state index is 0.132. The molecule has 116 valence electrons. The molecular formula is C12H12FN5O3S. The zero-order valence-corrected chi connectivity index (χ0v) is 12.3. The zero-order valence-electron chi connectivity index (χ0n) is 11.5. The molecule has 0 aliphatic heterocycles. The van der Waals surface area contributed by atoms with Gasteiger partial charge in [-0.1, -0.05) is 0 Å². The lowest BCUT2D eigenvalue weighted by Gasteiger charge is -2.04. The van der Waals surface area contributed by atoms with Gasteiger partial charge in [0.2, 0.25) is 5.91 Å². The molecule has 2 N–H and O–H groups in total. The zero-order chi connectivity index (χ0) is 16.3. The molecule has 0 aliphatic carbocycles. The molecule has 0 spiro atoms. The molecule has 2 rings (SSSR count). The van der Waals surface area contributed by atoms with E-state index in [1.807, 2.05) is 0 Å². The Morgan fingerprint density at radius 2 is 2.23 bits per heavy atom. The SMILES string of the molecule is Cn1c(CCC(N)=O)nnc1Sc1ccc(F)cc1[N+](=O)[O-]. The van der Waals surface area contributed by atoms with Crippen molar-refractivity contribution in [2.24, 2.45) is 12.8 Å². The van der Waals surface area contributed by atoms with Crippen molar-refractivity contribution < 1.29 is 14.1 Å². The van der Waals surface area contributed by atoms with Gasteiger partial charge < -0.3 is 10.3 Å². The van der Waals surface area contributed by atoms with Crippen molar-refractivity contribution in [3.8, 4) is 0 Å². The molecular weight excluding hydrogens is 313 g/mol. The number of carbonyl (C=O) groups is 1. The van der Waals surface area contributed by atoms with Crippen LogP contribution in [0.15, 0.2) is 28.3 Å². The van der Waals surface area contributed by atoms with Crippen LogP contribution < -0.4 is 5.73 Å². The van der Waals surface area contributed by atoms with Crippen molar-refractivity contribution >= 4 is 23.4 Å². The monoisotopic (exact) mass is 325 g/mol. The molecule has 0 atom stereocenters. The molecule has 22 heavy (non-hydrogen) atoms. The van der Waals surface area contributed by atoms with E-state index in [4.69, 9.17) is 5.73 Å². The molecule has 1 aromatic heterocycles. The number of amides is 1. The molecule has 8 nitrogen and oxygen atoms in total. The first-order valence-corrected chi connectivity index (χ1v) is 6.98. The average Bonchev–Trinajstić information content (AvgIpc) is 2.79. The molecule has 0 unspecified atom stereocenters. The number of rotatable bonds is 6. The number of hydrogen-bond donors (Lipinski definition) is 1. The second-order valence-corrected chi connectivity index (χ2v) is 5.40. The Morgan fingerprint density at radius 3 is 2.86 bits per heavy atom. The predicted molar refractivity (Wildman–Crippen MR) is 75.7 cm³/mol. The van der Waals surface area contributed by atoms with Crippen LogP contribution in [0.2, 0.25) is 0 Å². The molecule has 1 aromatic carbocycles. The molecule has 2 aromatic rings. The molecule has 0 aliphatic rings. The van der Waals surface area contributed by atoms with E-state index in [1.165, 1.54) is 6.07 Å². The van der Waals surface area contributed by atoms with Gasteiger partial charge in [0.15, 0.2) is 5.16 Å². The molecule has 10 heteroatoms. The fourth-order valence-corrected chi connectivity index (χ4v) is 2.60. The fourth-order valence-electron chi connectivity index (χ4n) is 1.70. The Balaban J connectivity index is 2.25. The average molecular weight is 325 g/mol. The number of hydrogen-bond acceptors (Lipinski definition) is 6. The van der Waals surface area contributed by atoms with E-state index in [2.05, 4.69) is 10.2 Å². The molecule has 0 saturated carbocycles. The lowest BCUT2D eigenvalue weighted by Crippen LogP contribution is -2.12. The van der Waals surface area contributed by atoms with Crippen LogP contribution in [-0.2, 0) is 18.3 Å². The Kier molecular flexibility index (Phi) is 4.71. The van der Waals surface area contributed by atoms with Crippen LogP contribution in [0, 0.1) is 15.9 Å². The summed E-state index contributed by atoms with van der Waals surface area (Å²) in [5.74, 6) is -0.603. The van der Waals surface area contributed by atoms with Gasteiger partial charge in [-0.15, -0.1) is 10.2 Å². The standard InChI is InChI=1S/C12H12FN5O3S/c1-17-11(5-4-10(14)19)15-16-12(17)22-9-3-2-7(13)6-8(9)18(20)21/h2-3,6H,4-5H2,1H3,(H2,14,19). The number of nitro groups is 1. The van der Waals surface area contributed by atoms with E-state index in [0.29, 0.717) is 17.4 Å². The number of halogens is 1. The number of aryl methyl sites for hydroxylation is 1. The Labute approximate surface area is 128 Å². The van der Waals surface area contributed by atoms with E-state index in [-0.39, 0.29) is 17.0 Å². The summed E-state index contributed by atoms with van der Waals surface area (Å²) in [5.41, 5.74) is 4.73. The number of carbonyl (C=O) groups excluding carboxylic acids is 1. The second-order valence-electron chi connectivity index (χ2n) is 4.40. The number of nitrogens with two attached hydrogens (primary N) is 1. The summed E-state index contributed by atoms with van der Waals surface area (Å²) in [6, 6.07) is 3.31. The van der Waals surface area contributed by atoms with E-state index in [9.17, 15) is 19.3 Å². The van der Waals surface area contributed by atoms with Gasteiger partial charge in [-0.25, -0.2) is 4.39 Å². The van der Waals surface area contributed by atoms with Crippen LogP contribution in [0.25, 0.3) is 0 Å². The van der Waals surface area contributed by atoms with E-state index < -0.39 is 16.6 Å². The predicted octanol–water partition coefficient (Wildman–Crippen LogP) is 1.43. The van der Waals surface area contributed by atoms with Gasteiger partial charge in [-0.05, 0) is 23.9 Å².